The lowest BCUT2D eigenvalue weighted by molar-refractivity contribution is -0.149. The van der Waals surface area contributed by atoms with Crippen LogP contribution in [0, 0.1) is 5.92 Å². The number of nitrogens with two attached hydrogens (primary N) is 2. The summed E-state index contributed by atoms with van der Waals surface area (Å²) >= 11 is 0. The number of rotatable bonds is 15. The van der Waals surface area contributed by atoms with Gasteiger partial charge in [-0.05, 0) is 36.8 Å². The number of halogens is 1. The number of likely N-dealkylation sites (tertiary alicyclic amines) is 1. The normalized spacial score (nSPS) is 16.1. The topological polar surface area (TPSA) is 145 Å². The van der Waals surface area contributed by atoms with Gasteiger partial charge in [-0.15, -0.1) is 0 Å². The van der Waals surface area contributed by atoms with Crippen molar-refractivity contribution < 1.29 is 28.3 Å². The number of ketones is 2. The lowest BCUT2D eigenvalue weighted by atomic mass is 9.89. The first-order valence-electron chi connectivity index (χ1n) is 13.5. The monoisotopic (exact) mass is 552 g/mol. The smallest absolute Gasteiger partial charge is 0.307 e. The van der Waals surface area contributed by atoms with Crippen LogP contribution >= 0.6 is 0 Å². The largest absolute Gasteiger partial charge is 0.461 e. The van der Waals surface area contributed by atoms with E-state index in [0.29, 0.717) is 31.4 Å². The fourth-order valence-corrected chi connectivity index (χ4v) is 4.97. The second-order valence-electron chi connectivity index (χ2n) is 9.92. The molecule has 0 spiro atoms. The van der Waals surface area contributed by atoms with Gasteiger partial charge in [-0.3, -0.25) is 24.2 Å². The number of carbonyl (C=O) groups is 4. The summed E-state index contributed by atoms with van der Waals surface area (Å²) in [5.41, 5.74) is 12.1. The van der Waals surface area contributed by atoms with Gasteiger partial charge in [0.2, 0.25) is 5.91 Å². The lowest BCUT2D eigenvalue weighted by Crippen LogP contribution is -2.44. The maximum Gasteiger partial charge on any atom is 0.307 e. The molecule has 1 heterocycles. The fraction of sp³-hybridized carbons (Fsp3) is 0.433. The highest BCUT2D eigenvalue weighted by molar-refractivity contribution is 5.96. The summed E-state index contributed by atoms with van der Waals surface area (Å²) in [4.78, 5) is 57.6. The fourth-order valence-electron chi connectivity index (χ4n) is 4.97. The van der Waals surface area contributed by atoms with Crippen molar-refractivity contribution in [3.8, 4) is 0 Å². The molecule has 1 aliphatic rings. The molecule has 3 atom stereocenters. The maximum absolute atomic E-state index is 13.8. The summed E-state index contributed by atoms with van der Waals surface area (Å²) < 4.78 is 18.7. The minimum Gasteiger partial charge on any atom is -0.461 e. The van der Waals surface area contributed by atoms with E-state index in [4.69, 9.17) is 16.2 Å². The minimum atomic E-state index is -1.17. The number of alkyl halides is 1. The Bertz CT molecular complexity index is 1170. The summed E-state index contributed by atoms with van der Waals surface area (Å²) in [6, 6.07) is 17.4. The molecule has 0 bridgehead atoms. The number of hydrogen-bond acceptors (Lipinski definition) is 6. The molecule has 0 radical (unpaired) electrons. The molecule has 9 nitrogen and oxygen atoms in total. The van der Waals surface area contributed by atoms with Crippen LogP contribution in [0.2, 0.25) is 0 Å². The van der Waals surface area contributed by atoms with Gasteiger partial charge in [-0.25, -0.2) is 4.39 Å². The summed E-state index contributed by atoms with van der Waals surface area (Å²) in [7, 11) is 0. The highest BCUT2D eigenvalue weighted by Crippen LogP contribution is 2.30. The van der Waals surface area contributed by atoms with E-state index >= 15 is 0 Å². The second-order valence-corrected chi connectivity index (χ2v) is 9.92. The lowest BCUT2D eigenvalue weighted by Gasteiger charge is -2.29. The molecular formula is C30H37FN4O5. The molecule has 3 rings (SSSR count). The van der Waals surface area contributed by atoms with Crippen LogP contribution in [0.25, 0.3) is 0 Å². The van der Waals surface area contributed by atoms with Gasteiger partial charge in [0.25, 0.3) is 0 Å². The molecule has 1 saturated heterocycles. The highest BCUT2D eigenvalue weighted by Gasteiger charge is 2.39. The Morgan fingerprint density at radius 1 is 1.00 bits per heavy atom. The van der Waals surface area contributed by atoms with Crippen molar-refractivity contribution >= 4 is 29.4 Å². The Morgan fingerprint density at radius 3 is 2.33 bits per heavy atom. The predicted octanol–water partition coefficient (Wildman–Crippen LogP) is 3.06. The van der Waals surface area contributed by atoms with Gasteiger partial charge in [-0.2, -0.15) is 0 Å². The van der Waals surface area contributed by atoms with Crippen LogP contribution in [0.1, 0.15) is 55.6 Å². The average molecular weight is 553 g/mol. The molecule has 2 aromatic rings. The van der Waals surface area contributed by atoms with Crippen LogP contribution in [0.5, 0.6) is 0 Å². The van der Waals surface area contributed by atoms with Gasteiger partial charge in [-0.1, -0.05) is 60.7 Å². The van der Waals surface area contributed by atoms with E-state index in [1.807, 2.05) is 36.4 Å². The van der Waals surface area contributed by atoms with Crippen LogP contribution in [-0.2, 0) is 30.5 Å². The minimum absolute atomic E-state index is 0.0820. The third-order valence-corrected chi connectivity index (χ3v) is 7.06. The van der Waals surface area contributed by atoms with E-state index < -0.39 is 36.3 Å². The van der Waals surface area contributed by atoms with Gasteiger partial charge in [0.05, 0.1) is 18.4 Å². The van der Waals surface area contributed by atoms with Gasteiger partial charge in [0, 0.05) is 25.4 Å². The van der Waals surface area contributed by atoms with Crippen molar-refractivity contribution in [1.29, 1.82) is 0 Å². The number of Topliss-reactive ketones (excluding diaryl/α,β-unsaturated/α-hetero) is 2. The Morgan fingerprint density at radius 2 is 1.68 bits per heavy atom. The van der Waals surface area contributed by atoms with Crippen molar-refractivity contribution in [3.05, 3.63) is 71.8 Å². The standard InChI is InChI=1S/C30H37FN4O5/c31-19-27(37)23(13-7-15-34-30(32)33)17-26(36)25-14-8-16-35(25)29(39)24(22-11-5-2-6-12-22)18-28(38)40-20-21-9-3-1-4-10-21/h1-6,9-12,23-25H,7-8,13-20H2,(H4,32,33,34)/t23-,24+,25+/m1/s1. The number of guanidine groups is 1. The summed E-state index contributed by atoms with van der Waals surface area (Å²) in [5, 5.41) is 0. The molecule has 0 saturated carbocycles. The molecule has 1 aliphatic heterocycles. The third kappa shape index (κ3) is 9.00. The molecule has 1 amide bonds. The summed E-state index contributed by atoms with van der Waals surface area (Å²) in [5.74, 6) is -3.55. The molecule has 4 N–H and O–H groups in total. The van der Waals surface area contributed by atoms with Crippen molar-refractivity contribution in [2.75, 3.05) is 19.8 Å². The van der Waals surface area contributed by atoms with Crippen LogP contribution in [0.4, 0.5) is 4.39 Å². The SMILES string of the molecule is NC(N)=NCCC[C@H](CC(=O)[C@@H]1CCCN1C(=O)[C@@H](CC(=O)OCc1ccccc1)c1ccccc1)C(=O)CF. The molecule has 1 fully saturated rings. The van der Waals surface area contributed by atoms with E-state index in [1.165, 1.54) is 4.90 Å². The van der Waals surface area contributed by atoms with E-state index in [1.54, 1.807) is 24.3 Å². The van der Waals surface area contributed by atoms with Crippen LogP contribution in [0.15, 0.2) is 65.7 Å². The molecule has 2 aromatic carbocycles. The summed E-state index contributed by atoms with van der Waals surface area (Å²) in [6.07, 6.45) is 1.36. The Kier molecular flexibility index (Phi) is 11.8. The van der Waals surface area contributed by atoms with Crippen LogP contribution in [0.3, 0.4) is 0 Å². The number of aliphatic imine (C=N–C) groups is 1. The average Bonchev–Trinajstić information content (AvgIpc) is 3.47. The molecule has 10 heteroatoms. The zero-order valence-corrected chi connectivity index (χ0v) is 22.5. The second kappa shape index (κ2) is 15.5. The number of ether oxygens (including phenoxy) is 1. The van der Waals surface area contributed by atoms with Crippen molar-refractivity contribution in [1.82, 2.24) is 4.90 Å². The van der Waals surface area contributed by atoms with Crippen molar-refractivity contribution in [2.24, 2.45) is 22.4 Å². The molecule has 0 aliphatic carbocycles. The van der Waals surface area contributed by atoms with Crippen LogP contribution in [-0.4, -0.2) is 60.1 Å². The number of benzene rings is 2. The Hall–Kier alpha value is -4.08. The third-order valence-electron chi connectivity index (χ3n) is 7.06. The Labute approximate surface area is 233 Å². The van der Waals surface area contributed by atoms with Crippen molar-refractivity contribution in [2.45, 2.75) is 57.1 Å². The number of hydrogen-bond donors (Lipinski definition) is 2. The van der Waals surface area contributed by atoms with E-state index in [0.717, 1.165) is 5.56 Å². The first-order valence-corrected chi connectivity index (χ1v) is 13.5. The van der Waals surface area contributed by atoms with Crippen molar-refractivity contribution in [3.63, 3.8) is 0 Å². The first-order chi connectivity index (χ1) is 19.3. The van der Waals surface area contributed by atoms with Gasteiger partial charge >= 0.3 is 5.97 Å². The first kappa shape index (κ1) is 30.5. The number of amides is 1. The van der Waals surface area contributed by atoms with E-state index in [-0.39, 0.29) is 50.1 Å². The molecule has 214 valence electrons. The van der Waals surface area contributed by atoms with Crippen LogP contribution < -0.4 is 11.5 Å². The molecule has 0 aromatic heterocycles. The molecule has 40 heavy (non-hydrogen) atoms. The molecular weight excluding hydrogens is 515 g/mol. The predicted molar refractivity (Wildman–Crippen MR) is 149 cm³/mol. The van der Waals surface area contributed by atoms with Gasteiger partial charge < -0.3 is 21.1 Å². The quantitative estimate of drug-likeness (QED) is 0.149. The summed E-state index contributed by atoms with van der Waals surface area (Å²) in [6.45, 7) is -0.467. The zero-order valence-electron chi connectivity index (χ0n) is 22.5. The number of nitrogens with zero attached hydrogens (tertiary/aromatic N) is 2. The highest BCUT2D eigenvalue weighted by atomic mass is 19.1. The zero-order chi connectivity index (χ0) is 28.9. The van der Waals surface area contributed by atoms with E-state index in [9.17, 15) is 23.6 Å². The molecule has 0 unspecified atom stereocenters. The van der Waals surface area contributed by atoms with E-state index in [2.05, 4.69) is 4.99 Å². The maximum atomic E-state index is 13.8. The Balaban J connectivity index is 1.70. The van der Waals surface area contributed by atoms with Gasteiger partial charge in [0.15, 0.2) is 17.5 Å². The van der Waals surface area contributed by atoms with Gasteiger partial charge in [0.1, 0.15) is 13.3 Å². The number of carbonyl (C=O) groups excluding carboxylic acids is 4. The number of esters is 1.